The predicted molar refractivity (Wildman–Crippen MR) is 163 cm³/mol. The highest BCUT2D eigenvalue weighted by atomic mass is 32.2. The van der Waals surface area contributed by atoms with Crippen molar-refractivity contribution < 1.29 is 22.7 Å². The van der Waals surface area contributed by atoms with Gasteiger partial charge in [0.2, 0.25) is 21.8 Å². The van der Waals surface area contributed by atoms with Gasteiger partial charge in [-0.25, -0.2) is 8.42 Å². The number of rotatable bonds is 15. The molecule has 0 aliphatic carbocycles. The molecule has 0 heterocycles. The van der Waals surface area contributed by atoms with Crippen LogP contribution in [0.5, 0.6) is 5.75 Å². The lowest BCUT2D eigenvalue weighted by molar-refractivity contribution is -0.141. The molecule has 2 amide bonds. The van der Waals surface area contributed by atoms with Crippen LogP contribution < -0.4 is 14.4 Å². The molecule has 0 aromatic heterocycles. The molecule has 1 N–H and O–H groups in total. The van der Waals surface area contributed by atoms with Gasteiger partial charge in [0.1, 0.15) is 11.8 Å². The zero-order chi connectivity index (χ0) is 29.8. The summed E-state index contributed by atoms with van der Waals surface area (Å²) in [6, 6.07) is 25.3. The second-order valence-corrected chi connectivity index (χ2v) is 12.1. The van der Waals surface area contributed by atoms with E-state index in [4.69, 9.17) is 4.74 Å². The molecule has 0 radical (unpaired) electrons. The summed E-state index contributed by atoms with van der Waals surface area (Å²) in [6.07, 6.45) is 2.62. The van der Waals surface area contributed by atoms with E-state index in [-0.39, 0.29) is 43.8 Å². The third-order valence-corrected chi connectivity index (χ3v) is 8.16. The van der Waals surface area contributed by atoms with Crippen molar-refractivity contribution in [3.05, 3.63) is 96.1 Å². The van der Waals surface area contributed by atoms with Gasteiger partial charge in [-0.1, -0.05) is 73.7 Å². The number of carbonyl (C=O) groups excluding carboxylic acids is 2. The van der Waals surface area contributed by atoms with Crippen molar-refractivity contribution >= 4 is 27.5 Å². The largest absolute Gasteiger partial charge is 0.497 e. The zero-order valence-corrected chi connectivity index (χ0v) is 25.1. The first kappa shape index (κ1) is 31.7. The van der Waals surface area contributed by atoms with Gasteiger partial charge in [-0.05, 0) is 43.0 Å². The highest BCUT2D eigenvalue weighted by molar-refractivity contribution is 7.92. The summed E-state index contributed by atoms with van der Waals surface area (Å²) in [5.74, 6) is 0.118. The van der Waals surface area contributed by atoms with E-state index in [1.54, 1.807) is 29.2 Å². The van der Waals surface area contributed by atoms with Crippen molar-refractivity contribution in [2.24, 2.45) is 0 Å². The van der Waals surface area contributed by atoms with Gasteiger partial charge in [-0.15, -0.1) is 0 Å². The van der Waals surface area contributed by atoms with Crippen molar-refractivity contribution in [2.45, 2.75) is 58.2 Å². The standard InChI is InChI=1S/C32H41N3O5S/c1-5-25(2)33-32(37)30(22-26-14-8-6-9-15-26)34(24-27-16-10-7-11-17-27)31(36)20-13-21-35(41(4,38)39)28-18-12-19-29(23-28)40-3/h6-12,14-19,23,25,30H,5,13,20-22,24H2,1-4H3,(H,33,37)/t25-,30+/m1/s1. The summed E-state index contributed by atoms with van der Waals surface area (Å²) in [7, 11) is -2.09. The van der Waals surface area contributed by atoms with E-state index in [2.05, 4.69) is 5.32 Å². The molecule has 0 saturated carbocycles. The van der Waals surface area contributed by atoms with Gasteiger partial charge in [0.25, 0.3) is 0 Å². The number of hydrogen-bond donors (Lipinski definition) is 1. The van der Waals surface area contributed by atoms with E-state index < -0.39 is 16.1 Å². The number of nitrogens with zero attached hydrogens (tertiary/aromatic N) is 2. The van der Waals surface area contributed by atoms with Crippen molar-refractivity contribution in [1.82, 2.24) is 10.2 Å². The van der Waals surface area contributed by atoms with Gasteiger partial charge in [0.15, 0.2) is 0 Å². The minimum atomic E-state index is -3.61. The molecule has 0 saturated heterocycles. The average Bonchev–Trinajstić information content (AvgIpc) is 2.97. The molecular formula is C32H41N3O5S. The summed E-state index contributed by atoms with van der Waals surface area (Å²) in [6.45, 7) is 4.31. The van der Waals surface area contributed by atoms with Crippen LogP contribution in [0.1, 0.15) is 44.2 Å². The second kappa shape index (κ2) is 15.2. The van der Waals surface area contributed by atoms with Crippen LogP contribution in [0.3, 0.4) is 0 Å². The maximum atomic E-state index is 13.9. The zero-order valence-electron chi connectivity index (χ0n) is 24.3. The van der Waals surface area contributed by atoms with Crippen LogP contribution in [0.25, 0.3) is 0 Å². The Hall–Kier alpha value is -3.85. The molecule has 41 heavy (non-hydrogen) atoms. The molecule has 0 aliphatic heterocycles. The number of benzene rings is 3. The summed E-state index contributed by atoms with van der Waals surface area (Å²) < 4.78 is 31.8. The third kappa shape index (κ3) is 9.63. The fourth-order valence-electron chi connectivity index (χ4n) is 4.54. The Kier molecular flexibility index (Phi) is 11.8. The number of nitrogens with one attached hydrogen (secondary N) is 1. The van der Waals surface area contributed by atoms with Crippen LogP contribution in [0.2, 0.25) is 0 Å². The van der Waals surface area contributed by atoms with E-state index >= 15 is 0 Å². The Labute approximate surface area is 244 Å². The van der Waals surface area contributed by atoms with Crippen LogP contribution in [-0.2, 0) is 32.6 Å². The number of methoxy groups -OCH3 is 1. The lowest BCUT2D eigenvalue weighted by atomic mass is 10.0. The first-order valence-corrected chi connectivity index (χ1v) is 15.8. The average molecular weight is 580 g/mol. The van der Waals surface area contributed by atoms with E-state index in [1.807, 2.05) is 74.5 Å². The highest BCUT2D eigenvalue weighted by Crippen LogP contribution is 2.24. The molecule has 0 bridgehead atoms. The van der Waals surface area contributed by atoms with Gasteiger partial charge in [-0.2, -0.15) is 0 Å². The smallest absolute Gasteiger partial charge is 0.243 e. The molecule has 2 atom stereocenters. The van der Waals surface area contributed by atoms with Crippen molar-refractivity contribution in [1.29, 1.82) is 0 Å². The third-order valence-electron chi connectivity index (χ3n) is 6.96. The molecule has 3 aromatic rings. The van der Waals surface area contributed by atoms with Crippen LogP contribution in [0, 0.1) is 0 Å². The van der Waals surface area contributed by atoms with Gasteiger partial charge >= 0.3 is 0 Å². The molecule has 3 rings (SSSR count). The van der Waals surface area contributed by atoms with Gasteiger partial charge in [-0.3, -0.25) is 13.9 Å². The van der Waals surface area contributed by atoms with Crippen molar-refractivity contribution in [3.63, 3.8) is 0 Å². The molecule has 220 valence electrons. The molecule has 8 nitrogen and oxygen atoms in total. The number of sulfonamides is 1. The van der Waals surface area contributed by atoms with Crippen LogP contribution in [-0.4, -0.2) is 57.1 Å². The minimum absolute atomic E-state index is 0.0411. The maximum absolute atomic E-state index is 13.9. The molecule has 9 heteroatoms. The minimum Gasteiger partial charge on any atom is -0.497 e. The molecular weight excluding hydrogens is 538 g/mol. The summed E-state index contributed by atoms with van der Waals surface area (Å²) in [5.41, 5.74) is 2.32. The van der Waals surface area contributed by atoms with E-state index in [0.29, 0.717) is 17.9 Å². The Morgan fingerprint density at radius 3 is 2.15 bits per heavy atom. The van der Waals surface area contributed by atoms with Crippen molar-refractivity contribution in [3.8, 4) is 5.75 Å². The predicted octanol–water partition coefficient (Wildman–Crippen LogP) is 4.80. The van der Waals surface area contributed by atoms with E-state index in [9.17, 15) is 18.0 Å². The van der Waals surface area contributed by atoms with Gasteiger partial charge in [0, 0.05) is 38.0 Å². The summed E-state index contributed by atoms with van der Waals surface area (Å²) in [5, 5.41) is 3.07. The Bertz CT molecular complexity index is 1370. The number of carbonyl (C=O) groups is 2. The van der Waals surface area contributed by atoms with Gasteiger partial charge < -0.3 is 15.0 Å². The number of ether oxygens (including phenoxy) is 1. The van der Waals surface area contributed by atoms with E-state index in [0.717, 1.165) is 23.8 Å². The highest BCUT2D eigenvalue weighted by Gasteiger charge is 2.31. The number of anilines is 1. The van der Waals surface area contributed by atoms with Crippen LogP contribution in [0.4, 0.5) is 5.69 Å². The topological polar surface area (TPSA) is 96.0 Å². The Morgan fingerprint density at radius 1 is 0.927 bits per heavy atom. The van der Waals surface area contributed by atoms with E-state index in [1.165, 1.54) is 11.4 Å². The number of hydrogen-bond acceptors (Lipinski definition) is 5. The molecule has 0 fully saturated rings. The Morgan fingerprint density at radius 2 is 1.56 bits per heavy atom. The first-order valence-electron chi connectivity index (χ1n) is 13.9. The fraction of sp³-hybridized carbons (Fsp3) is 0.375. The normalized spacial score (nSPS) is 12.7. The fourth-order valence-corrected chi connectivity index (χ4v) is 5.50. The molecule has 0 aliphatic rings. The SMILES string of the molecule is CC[C@@H](C)NC(=O)[C@H](Cc1ccccc1)N(Cc1ccccc1)C(=O)CCCN(c1cccc(OC)c1)S(C)(=O)=O. The molecule has 3 aromatic carbocycles. The quantitative estimate of drug-likeness (QED) is 0.279. The summed E-state index contributed by atoms with van der Waals surface area (Å²) in [4.78, 5) is 29.1. The van der Waals surface area contributed by atoms with Gasteiger partial charge in [0.05, 0.1) is 19.1 Å². The summed E-state index contributed by atoms with van der Waals surface area (Å²) >= 11 is 0. The van der Waals surface area contributed by atoms with Crippen LogP contribution >= 0.6 is 0 Å². The second-order valence-electron chi connectivity index (χ2n) is 10.2. The number of amides is 2. The monoisotopic (exact) mass is 579 g/mol. The lowest BCUT2D eigenvalue weighted by Gasteiger charge is -2.32. The van der Waals surface area contributed by atoms with Crippen LogP contribution in [0.15, 0.2) is 84.9 Å². The molecule has 0 spiro atoms. The molecule has 0 unspecified atom stereocenters. The Balaban J connectivity index is 1.87. The lowest BCUT2D eigenvalue weighted by Crippen LogP contribution is -2.52. The van der Waals surface area contributed by atoms with Crippen molar-refractivity contribution in [2.75, 3.05) is 24.2 Å². The first-order chi connectivity index (χ1) is 19.6. The maximum Gasteiger partial charge on any atom is 0.243 e.